The number of benzene rings is 3. The summed E-state index contributed by atoms with van der Waals surface area (Å²) in [5.41, 5.74) is 1.14. The predicted octanol–water partition coefficient (Wildman–Crippen LogP) is 3.83. The average Bonchev–Trinajstić information content (AvgIpc) is 2.91. The van der Waals surface area contributed by atoms with Gasteiger partial charge in [0.1, 0.15) is 18.3 Å². The lowest BCUT2D eigenvalue weighted by Crippen LogP contribution is -2.51. The van der Waals surface area contributed by atoms with Crippen molar-refractivity contribution in [2.45, 2.75) is 38.3 Å². The summed E-state index contributed by atoms with van der Waals surface area (Å²) in [6, 6.07) is 23.0. The van der Waals surface area contributed by atoms with Crippen molar-refractivity contribution in [3.63, 3.8) is 0 Å². The first-order chi connectivity index (χ1) is 17.8. The fourth-order valence-corrected chi connectivity index (χ4v) is 5.24. The predicted molar refractivity (Wildman–Crippen MR) is 144 cm³/mol. The lowest BCUT2D eigenvalue weighted by atomic mass is 10.1. The normalized spacial score (nSPS) is 11.9. The van der Waals surface area contributed by atoms with Gasteiger partial charge < -0.3 is 15.0 Å². The molecule has 0 bridgehead atoms. The highest BCUT2D eigenvalue weighted by Gasteiger charge is 2.32. The average molecular weight is 524 g/mol. The van der Waals surface area contributed by atoms with Crippen molar-refractivity contribution < 1.29 is 22.7 Å². The molecule has 0 aliphatic rings. The van der Waals surface area contributed by atoms with Crippen LogP contribution in [-0.2, 0) is 26.2 Å². The molecule has 0 unspecified atom stereocenters. The second kappa shape index (κ2) is 12.9. The fourth-order valence-electron chi connectivity index (χ4n) is 3.81. The fraction of sp³-hybridized carbons (Fsp3) is 0.286. The summed E-state index contributed by atoms with van der Waals surface area (Å²) in [6.07, 6.45) is 0. The zero-order chi connectivity index (χ0) is 26.8. The van der Waals surface area contributed by atoms with Crippen molar-refractivity contribution in [1.29, 1.82) is 0 Å². The van der Waals surface area contributed by atoms with Crippen LogP contribution in [0.4, 0.5) is 5.69 Å². The molecule has 0 heterocycles. The minimum atomic E-state index is -4.09. The van der Waals surface area contributed by atoms with E-state index in [0.717, 1.165) is 9.87 Å². The lowest BCUT2D eigenvalue weighted by Gasteiger charge is -2.32. The molecule has 2 amide bonds. The minimum absolute atomic E-state index is 0.0584. The first-order valence-electron chi connectivity index (χ1n) is 12.2. The topological polar surface area (TPSA) is 96.0 Å². The Balaban J connectivity index is 2.00. The van der Waals surface area contributed by atoms with E-state index < -0.39 is 28.5 Å². The van der Waals surface area contributed by atoms with Crippen LogP contribution in [0.25, 0.3) is 0 Å². The number of amides is 2. The van der Waals surface area contributed by atoms with E-state index in [9.17, 15) is 18.0 Å². The van der Waals surface area contributed by atoms with E-state index in [1.165, 1.54) is 17.0 Å². The summed E-state index contributed by atoms with van der Waals surface area (Å²) >= 11 is 0. The number of ether oxygens (including phenoxy) is 1. The molecule has 3 rings (SSSR count). The van der Waals surface area contributed by atoms with E-state index in [-0.39, 0.29) is 17.3 Å². The summed E-state index contributed by atoms with van der Waals surface area (Å²) in [6.45, 7) is 5.85. The number of nitrogens with zero attached hydrogens (tertiary/aromatic N) is 2. The van der Waals surface area contributed by atoms with E-state index in [2.05, 4.69) is 5.32 Å². The summed E-state index contributed by atoms with van der Waals surface area (Å²) in [4.78, 5) is 27.9. The van der Waals surface area contributed by atoms with Gasteiger partial charge in [0.2, 0.25) is 11.8 Å². The van der Waals surface area contributed by atoms with E-state index in [1.54, 1.807) is 56.3 Å². The van der Waals surface area contributed by atoms with Gasteiger partial charge in [-0.2, -0.15) is 0 Å². The van der Waals surface area contributed by atoms with Crippen LogP contribution < -0.4 is 14.4 Å². The number of hydrogen-bond donors (Lipinski definition) is 1. The highest BCUT2D eigenvalue weighted by atomic mass is 32.2. The third-order valence-electron chi connectivity index (χ3n) is 5.76. The maximum absolute atomic E-state index is 13.7. The molecule has 196 valence electrons. The lowest BCUT2D eigenvalue weighted by molar-refractivity contribution is -0.139. The number of likely N-dealkylation sites (N-methyl/N-ethyl adjacent to an activating group) is 1. The molecule has 0 spiro atoms. The van der Waals surface area contributed by atoms with E-state index in [0.29, 0.717) is 24.6 Å². The Morgan fingerprint density at radius 2 is 1.49 bits per heavy atom. The molecule has 37 heavy (non-hydrogen) atoms. The first-order valence-corrected chi connectivity index (χ1v) is 13.6. The van der Waals surface area contributed by atoms with E-state index in [4.69, 9.17) is 4.74 Å². The summed E-state index contributed by atoms with van der Waals surface area (Å²) in [5.74, 6) is -0.230. The maximum Gasteiger partial charge on any atom is 0.264 e. The van der Waals surface area contributed by atoms with Crippen LogP contribution in [0.15, 0.2) is 89.8 Å². The standard InChI is InChI=1S/C28H33N3O5S/c1-4-29-28(33)22(3)30(20-23-12-8-6-9-13-23)27(32)21-31(24-16-18-25(19-17-24)36-5-2)37(34,35)26-14-10-7-11-15-26/h6-19,22H,4-5,20-21H2,1-3H3,(H,29,33)/t22-/m1/s1. The van der Waals surface area contributed by atoms with E-state index >= 15 is 0 Å². The monoisotopic (exact) mass is 523 g/mol. The Bertz CT molecular complexity index is 1270. The Morgan fingerprint density at radius 3 is 2.05 bits per heavy atom. The molecule has 0 aliphatic carbocycles. The molecular weight excluding hydrogens is 490 g/mol. The van der Waals surface area contributed by atoms with Crippen LogP contribution in [0, 0.1) is 0 Å². The Labute approximate surface area is 218 Å². The van der Waals surface area contributed by atoms with Gasteiger partial charge >= 0.3 is 0 Å². The Hall–Kier alpha value is -3.85. The van der Waals surface area contributed by atoms with Crippen molar-refractivity contribution in [1.82, 2.24) is 10.2 Å². The van der Waals surface area contributed by atoms with Crippen LogP contribution >= 0.6 is 0 Å². The van der Waals surface area contributed by atoms with Crippen LogP contribution in [0.5, 0.6) is 5.75 Å². The molecule has 0 radical (unpaired) electrons. The SMILES string of the molecule is CCNC(=O)[C@@H](C)N(Cc1ccccc1)C(=O)CN(c1ccc(OCC)cc1)S(=O)(=O)c1ccccc1. The zero-order valence-electron chi connectivity index (χ0n) is 21.3. The molecule has 8 nitrogen and oxygen atoms in total. The Morgan fingerprint density at radius 1 is 0.892 bits per heavy atom. The molecule has 1 atom stereocenters. The number of hydrogen-bond acceptors (Lipinski definition) is 5. The number of anilines is 1. The molecular formula is C28H33N3O5S. The third-order valence-corrected chi connectivity index (χ3v) is 7.55. The molecule has 9 heteroatoms. The van der Waals surface area contributed by atoms with Gasteiger partial charge in [-0.3, -0.25) is 13.9 Å². The van der Waals surface area contributed by atoms with Crippen LogP contribution in [0.2, 0.25) is 0 Å². The Kier molecular flexibility index (Phi) is 9.68. The van der Waals surface area contributed by atoms with Crippen LogP contribution in [0.1, 0.15) is 26.3 Å². The van der Waals surface area contributed by atoms with Gasteiger partial charge in [0.15, 0.2) is 0 Å². The van der Waals surface area contributed by atoms with Crippen molar-refractivity contribution >= 4 is 27.5 Å². The summed E-state index contributed by atoms with van der Waals surface area (Å²) in [5, 5.41) is 2.75. The molecule has 3 aromatic rings. The van der Waals surface area contributed by atoms with Gasteiger partial charge in [-0.15, -0.1) is 0 Å². The molecule has 1 N–H and O–H groups in total. The van der Waals surface area contributed by atoms with Gasteiger partial charge in [-0.25, -0.2) is 8.42 Å². The van der Waals surface area contributed by atoms with Gasteiger partial charge in [0.05, 0.1) is 17.2 Å². The van der Waals surface area contributed by atoms with Crippen LogP contribution in [-0.4, -0.2) is 50.9 Å². The second-order valence-electron chi connectivity index (χ2n) is 8.33. The highest BCUT2D eigenvalue weighted by Crippen LogP contribution is 2.26. The van der Waals surface area contributed by atoms with Crippen molar-refractivity contribution in [3.05, 3.63) is 90.5 Å². The highest BCUT2D eigenvalue weighted by molar-refractivity contribution is 7.92. The molecule has 0 fully saturated rings. The zero-order valence-corrected chi connectivity index (χ0v) is 22.1. The maximum atomic E-state index is 13.7. The number of nitrogens with one attached hydrogen (secondary N) is 1. The quantitative estimate of drug-likeness (QED) is 0.389. The van der Waals surface area contributed by atoms with Crippen LogP contribution in [0.3, 0.4) is 0 Å². The summed E-state index contributed by atoms with van der Waals surface area (Å²) in [7, 11) is -4.09. The molecule has 0 saturated carbocycles. The number of carbonyl (C=O) groups excluding carboxylic acids is 2. The van der Waals surface area contributed by atoms with Gasteiger partial charge in [0.25, 0.3) is 10.0 Å². The third kappa shape index (κ3) is 7.10. The summed E-state index contributed by atoms with van der Waals surface area (Å²) < 4.78 is 34.0. The molecule has 0 aromatic heterocycles. The number of carbonyl (C=O) groups is 2. The first kappa shape index (κ1) is 27.7. The number of sulfonamides is 1. The molecule has 0 saturated heterocycles. The van der Waals surface area contributed by atoms with Gasteiger partial charge in [-0.05, 0) is 62.7 Å². The van der Waals surface area contributed by atoms with Crippen molar-refractivity contribution in [2.75, 3.05) is 24.0 Å². The van der Waals surface area contributed by atoms with Crippen molar-refractivity contribution in [3.8, 4) is 5.75 Å². The van der Waals surface area contributed by atoms with Gasteiger partial charge in [-0.1, -0.05) is 48.5 Å². The molecule has 0 aliphatic heterocycles. The smallest absolute Gasteiger partial charge is 0.264 e. The van der Waals surface area contributed by atoms with E-state index in [1.807, 2.05) is 37.3 Å². The van der Waals surface area contributed by atoms with Crippen molar-refractivity contribution in [2.24, 2.45) is 0 Å². The number of rotatable bonds is 12. The largest absolute Gasteiger partial charge is 0.494 e. The van der Waals surface area contributed by atoms with Gasteiger partial charge in [0, 0.05) is 13.1 Å². The second-order valence-corrected chi connectivity index (χ2v) is 10.2. The molecule has 3 aromatic carbocycles. The minimum Gasteiger partial charge on any atom is -0.494 e.